The molecule has 2 atom stereocenters. The van der Waals surface area contributed by atoms with Gasteiger partial charge in [-0.2, -0.15) is 17.4 Å². The van der Waals surface area contributed by atoms with Crippen LogP contribution in [0, 0.1) is 17.3 Å². The molecule has 0 radical (unpaired) electrons. The van der Waals surface area contributed by atoms with Crippen LogP contribution < -0.4 is 4.72 Å². The van der Waals surface area contributed by atoms with Crippen LogP contribution in [0.4, 0.5) is 0 Å². The van der Waals surface area contributed by atoms with E-state index in [2.05, 4.69) is 25.5 Å². The number of nitrogens with zero attached hydrogens (tertiary/aromatic N) is 1. The van der Waals surface area contributed by atoms with Gasteiger partial charge in [-0.05, 0) is 30.6 Å². The second-order valence-corrected chi connectivity index (χ2v) is 9.03. The fourth-order valence-corrected chi connectivity index (χ4v) is 4.62. The van der Waals surface area contributed by atoms with Gasteiger partial charge in [0.25, 0.3) is 10.2 Å². The molecule has 1 aliphatic carbocycles. The van der Waals surface area contributed by atoms with Gasteiger partial charge in [-0.1, -0.05) is 32.9 Å². The van der Waals surface area contributed by atoms with Gasteiger partial charge in [0.15, 0.2) is 0 Å². The van der Waals surface area contributed by atoms with Crippen molar-refractivity contribution < 1.29 is 13.5 Å². The zero-order valence-corrected chi connectivity index (χ0v) is 14.1. The molecule has 6 heteroatoms. The first-order chi connectivity index (χ1) is 9.72. The maximum atomic E-state index is 12.4. The van der Waals surface area contributed by atoms with Crippen molar-refractivity contribution in [3.63, 3.8) is 0 Å². The Labute approximate surface area is 128 Å². The predicted molar refractivity (Wildman–Crippen MR) is 83.9 cm³/mol. The van der Waals surface area contributed by atoms with Crippen molar-refractivity contribution in [2.75, 3.05) is 19.7 Å². The van der Waals surface area contributed by atoms with Crippen molar-refractivity contribution in [3.05, 3.63) is 12.2 Å². The topological polar surface area (TPSA) is 69.6 Å². The number of piperidine rings is 1. The predicted octanol–water partition coefficient (Wildman–Crippen LogP) is 1.52. The highest BCUT2D eigenvalue weighted by Gasteiger charge is 2.34. The fraction of sp³-hybridized carbons (Fsp3) is 0.867. The largest absolute Gasteiger partial charge is 0.396 e. The fourth-order valence-electron chi connectivity index (χ4n) is 3.23. The lowest BCUT2D eigenvalue weighted by molar-refractivity contribution is 0.153. The summed E-state index contributed by atoms with van der Waals surface area (Å²) < 4.78 is 29.1. The molecular weight excluding hydrogens is 288 g/mol. The lowest BCUT2D eigenvalue weighted by Crippen LogP contribution is -2.48. The van der Waals surface area contributed by atoms with Crippen LogP contribution in [-0.2, 0) is 10.2 Å². The Hall–Kier alpha value is -0.430. The molecule has 5 nitrogen and oxygen atoms in total. The minimum atomic E-state index is -3.42. The van der Waals surface area contributed by atoms with Crippen LogP contribution in [-0.4, -0.2) is 43.6 Å². The van der Waals surface area contributed by atoms with E-state index in [1.807, 2.05) is 12.2 Å². The van der Waals surface area contributed by atoms with Gasteiger partial charge in [-0.15, -0.1) is 0 Å². The van der Waals surface area contributed by atoms with Crippen LogP contribution in [0.15, 0.2) is 12.2 Å². The number of aliphatic hydroxyl groups is 1. The Balaban J connectivity index is 1.89. The summed E-state index contributed by atoms with van der Waals surface area (Å²) in [6.07, 6.45) is 6.22. The Morgan fingerprint density at radius 3 is 2.33 bits per heavy atom. The van der Waals surface area contributed by atoms with Crippen LogP contribution in [0.5, 0.6) is 0 Å². The van der Waals surface area contributed by atoms with Crippen LogP contribution in [0.2, 0.25) is 0 Å². The summed E-state index contributed by atoms with van der Waals surface area (Å²) in [5.74, 6) is 0.651. The maximum Gasteiger partial charge on any atom is 0.279 e. The normalized spacial score (nSPS) is 29.1. The average molecular weight is 316 g/mol. The third kappa shape index (κ3) is 4.28. The molecule has 2 N–H and O–H groups in total. The summed E-state index contributed by atoms with van der Waals surface area (Å²) in [6.45, 7) is 7.93. The lowest BCUT2D eigenvalue weighted by atomic mass is 9.76. The minimum Gasteiger partial charge on any atom is -0.396 e. The molecule has 0 bridgehead atoms. The molecule has 1 fully saturated rings. The maximum absolute atomic E-state index is 12.4. The Kier molecular flexibility index (Phi) is 5.13. The zero-order valence-electron chi connectivity index (χ0n) is 13.2. The Morgan fingerprint density at radius 1 is 1.24 bits per heavy atom. The SMILES string of the molecule is CC(C)(C)C1CCN(S(=O)(=O)N[C@@H]2C=C[C@H](CO)C2)CC1. The molecule has 122 valence electrons. The zero-order chi connectivity index (χ0) is 15.7. The van der Waals surface area contributed by atoms with E-state index in [1.54, 1.807) is 4.31 Å². The molecule has 0 spiro atoms. The summed E-state index contributed by atoms with van der Waals surface area (Å²) in [5, 5.41) is 9.10. The van der Waals surface area contributed by atoms with E-state index in [-0.39, 0.29) is 24.0 Å². The number of aliphatic hydroxyl groups excluding tert-OH is 1. The van der Waals surface area contributed by atoms with Crippen LogP contribution >= 0.6 is 0 Å². The summed E-state index contributed by atoms with van der Waals surface area (Å²) in [5.41, 5.74) is 0.242. The van der Waals surface area contributed by atoms with Gasteiger partial charge < -0.3 is 5.11 Å². The second kappa shape index (κ2) is 6.36. The first kappa shape index (κ1) is 16.9. The number of hydrogen-bond donors (Lipinski definition) is 2. The van der Waals surface area contributed by atoms with E-state index in [9.17, 15) is 8.42 Å². The molecule has 0 aromatic rings. The van der Waals surface area contributed by atoms with Crippen molar-refractivity contribution in [3.8, 4) is 0 Å². The van der Waals surface area contributed by atoms with Crippen molar-refractivity contribution in [1.29, 1.82) is 0 Å². The van der Waals surface area contributed by atoms with Crippen LogP contribution in [0.1, 0.15) is 40.0 Å². The van der Waals surface area contributed by atoms with Gasteiger partial charge in [0.2, 0.25) is 0 Å². The van der Waals surface area contributed by atoms with E-state index in [4.69, 9.17) is 5.11 Å². The summed E-state index contributed by atoms with van der Waals surface area (Å²) in [7, 11) is -3.42. The third-order valence-electron chi connectivity index (χ3n) is 4.73. The van der Waals surface area contributed by atoms with Crippen LogP contribution in [0.25, 0.3) is 0 Å². The molecule has 0 saturated carbocycles. The van der Waals surface area contributed by atoms with Gasteiger partial charge in [0.05, 0.1) is 0 Å². The van der Waals surface area contributed by atoms with E-state index < -0.39 is 10.2 Å². The van der Waals surface area contributed by atoms with Gasteiger partial charge in [-0.25, -0.2) is 0 Å². The first-order valence-corrected chi connectivity index (χ1v) is 9.23. The molecule has 0 aromatic heterocycles. The highest BCUT2D eigenvalue weighted by Crippen LogP contribution is 2.34. The molecule has 2 aliphatic rings. The molecule has 21 heavy (non-hydrogen) atoms. The Bertz CT molecular complexity index is 474. The molecule has 0 unspecified atom stereocenters. The summed E-state index contributed by atoms with van der Waals surface area (Å²) in [4.78, 5) is 0. The summed E-state index contributed by atoms with van der Waals surface area (Å²) in [6, 6.07) is -0.188. The quantitative estimate of drug-likeness (QED) is 0.773. The van der Waals surface area contributed by atoms with E-state index >= 15 is 0 Å². The highest BCUT2D eigenvalue weighted by atomic mass is 32.2. The highest BCUT2D eigenvalue weighted by molar-refractivity contribution is 7.87. The monoisotopic (exact) mass is 316 g/mol. The van der Waals surface area contributed by atoms with Gasteiger partial charge in [-0.3, -0.25) is 0 Å². The van der Waals surface area contributed by atoms with Crippen LogP contribution in [0.3, 0.4) is 0 Å². The average Bonchev–Trinajstić information content (AvgIpc) is 2.85. The standard InChI is InChI=1S/C15H28N2O3S/c1-15(2,3)13-6-8-17(9-7-13)21(19,20)16-14-5-4-12(10-14)11-18/h4-5,12-14,16,18H,6-11H2,1-3H3/t12-,14+/m0/s1. The Morgan fingerprint density at radius 2 is 1.86 bits per heavy atom. The third-order valence-corrected chi connectivity index (χ3v) is 6.37. The number of hydrogen-bond acceptors (Lipinski definition) is 3. The van der Waals surface area contributed by atoms with Gasteiger partial charge >= 0.3 is 0 Å². The van der Waals surface area contributed by atoms with Crippen molar-refractivity contribution >= 4 is 10.2 Å². The number of rotatable bonds is 4. The van der Waals surface area contributed by atoms with E-state index in [0.29, 0.717) is 25.4 Å². The van der Waals surface area contributed by atoms with Crippen molar-refractivity contribution in [2.24, 2.45) is 17.3 Å². The molecule has 1 saturated heterocycles. The smallest absolute Gasteiger partial charge is 0.279 e. The molecule has 0 aromatic carbocycles. The molecule has 1 heterocycles. The minimum absolute atomic E-state index is 0.0735. The van der Waals surface area contributed by atoms with Crippen molar-refractivity contribution in [2.45, 2.75) is 46.1 Å². The number of nitrogens with one attached hydrogen (secondary N) is 1. The molecule has 1 aliphatic heterocycles. The summed E-state index contributed by atoms with van der Waals surface area (Å²) >= 11 is 0. The molecule has 0 amide bonds. The van der Waals surface area contributed by atoms with Crippen molar-refractivity contribution in [1.82, 2.24) is 9.03 Å². The molecule has 2 rings (SSSR count). The van der Waals surface area contributed by atoms with E-state index in [1.165, 1.54) is 0 Å². The second-order valence-electron chi connectivity index (χ2n) is 7.33. The first-order valence-electron chi connectivity index (χ1n) is 7.79. The molecular formula is C15H28N2O3S. The lowest BCUT2D eigenvalue weighted by Gasteiger charge is -2.38. The van der Waals surface area contributed by atoms with Gasteiger partial charge in [0.1, 0.15) is 0 Å². The van der Waals surface area contributed by atoms with Gasteiger partial charge in [0, 0.05) is 31.7 Å². The van der Waals surface area contributed by atoms with E-state index in [0.717, 1.165) is 12.8 Å².